The van der Waals surface area contributed by atoms with Crippen LogP contribution >= 0.6 is 11.8 Å². The van der Waals surface area contributed by atoms with Crippen molar-refractivity contribution in [1.82, 2.24) is 0 Å². The molecule has 0 unspecified atom stereocenters. The highest BCUT2D eigenvalue weighted by Crippen LogP contribution is 2.20. The summed E-state index contributed by atoms with van der Waals surface area (Å²) in [7, 11) is 0. The van der Waals surface area contributed by atoms with Crippen LogP contribution in [-0.2, 0) is 0 Å². The van der Waals surface area contributed by atoms with Crippen LogP contribution in [0.3, 0.4) is 0 Å². The molecule has 2 nitrogen and oxygen atoms in total. The number of hydrogen-bond acceptors (Lipinski definition) is 1. The summed E-state index contributed by atoms with van der Waals surface area (Å²) in [6, 6.07) is 0. The molecule has 0 aromatic rings. The smallest absolute Gasteiger partial charge is 0.282 e. The van der Waals surface area contributed by atoms with Gasteiger partial charge < -0.3 is 0 Å². The van der Waals surface area contributed by atoms with E-state index in [2.05, 4.69) is 20.8 Å². The molecular formula is C5H13N2S+. The van der Waals surface area contributed by atoms with E-state index in [1.165, 1.54) is 11.8 Å². The summed E-state index contributed by atoms with van der Waals surface area (Å²) in [6.07, 6.45) is 0. The molecule has 0 aliphatic carbocycles. The van der Waals surface area contributed by atoms with Gasteiger partial charge in [-0.2, -0.15) is 0 Å². The first-order valence-corrected chi connectivity index (χ1v) is 3.30. The summed E-state index contributed by atoms with van der Waals surface area (Å²) in [5.74, 6) is 0. The highest BCUT2D eigenvalue weighted by Gasteiger charge is 2.14. The Hall–Kier alpha value is -0.180. The van der Waals surface area contributed by atoms with Crippen molar-refractivity contribution in [3.63, 3.8) is 0 Å². The predicted octanol–water partition coefficient (Wildman–Crippen LogP) is -0.408. The molecule has 0 saturated heterocycles. The van der Waals surface area contributed by atoms with Gasteiger partial charge in [0.25, 0.3) is 5.17 Å². The number of amidine groups is 1. The molecule has 0 saturated carbocycles. The zero-order valence-corrected chi connectivity index (χ0v) is 6.38. The Balaban J connectivity index is 3.55. The molecule has 0 aliphatic heterocycles. The minimum Gasteiger partial charge on any atom is -0.282 e. The molecule has 0 spiro atoms. The van der Waals surface area contributed by atoms with Gasteiger partial charge in [0.2, 0.25) is 0 Å². The maximum Gasteiger partial charge on any atom is 0.300 e. The van der Waals surface area contributed by atoms with Crippen molar-refractivity contribution in [2.75, 3.05) is 0 Å². The molecule has 8 heavy (non-hydrogen) atoms. The lowest BCUT2D eigenvalue weighted by Gasteiger charge is -2.12. The van der Waals surface area contributed by atoms with Crippen LogP contribution in [0.1, 0.15) is 20.8 Å². The monoisotopic (exact) mass is 133 g/mol. The van der Waals surface area contributed by atoms with Crippen LogP contribution in [0.5, 0.6) is 0 Å². The fraction of sp³-hybridized carbons (Fsp3) is 0.800. The van der Waals surface area contributed by atoms with Gasteiger partial charge in [-0.1, -0.05) is 20.8 Å². The second-order valence-electron chi connectivity index (χ2n) is 2.62. The van der Waals surface area contributed by atoms with Gasteiger partial charge in [-0.05, 0) is 11.8 Å². The largest absolute Gasteiger partial charge is 0.300 e. The summed E-state index contributed by atoms with van der Waals surface area (Å²) < 4.78 is 0.152. The van der Waals surface area contributed by atoms with Crippen LogP contribution < -0.4 is 11.1 Å². The molecule has 0 bridgehead atoms. The Morgan fingerprint density at radius 1 is 1.50 bits per heavy atom. The normalized spacial score (nSPS) is 11.4. The lowest BCUT2D eigenvalue weighted by molar-refractivity contribution is -0.110. The average molecular weight is 133 g/mol. The van der Waals surface area contributed by atoms with Gasteiger partial charge in [0, 0.05) is 4.75 Å². The van der Waals surface area contributed by atoms with Crippen LogP contribution in [-0.4, -0.2) is 9.91 Å². The third-order valence-electron chi connectivity index (χ3n) is 0.424. The van der Waals surface area contributed by atoms with Crippen molar-refractivity contribution in [1.29, 1.82) is 0 Å². The van der Waals surface area contributed by atoms with Gasteiger partial charge in [-0.15, -0.1) is 0 Å². The first-order chi connectivity index (χ1) is 3.42. The predicted molar refractivity (Wildman–Crippen MR) is 38.5 cm³/mol. The van der Waals surface area contributed by atoms with E-state index in [4.69, 9.17) is 11.1 Å². The number of rotatable bonds is 0. The molecule has 0 aromatic heterocycles. The number of hydrogen-bond donors (Lipinski definition) is 2. The topological polar surface area (TPSA) is 51.6 Å². The summed E-state index contributed by atoms with van der Waals surface area (Å²) in [6.45, 7) is 6.20. The minimum absolute atomic E-state index is 0.152. The Labute approximate surface area is 54.3 Å². The van der Waals surface area contributed by atoms with E-state index >= 15 is 0 Å². The Morgan fingerprint density at radius 2 is 1.88 bits per heavy atom. The molecule has 0 amide bonds. The second-order valence-corrected chi connectivity index (χ2v) is 4.52. The van der Waals surface area contributed by atoms with Gasteiger partial charge in [-0.3, -0.25) is 11.1 Å². The van der Waals surface area contributed by atoms with Crippen molar-refractivity contribution < 1.29 is 5.41 Å². The van der Waals surface area contributed by atoms with Crippen LogP contribution in [0.15, 0.2) is 0 Å². The van der Waals surface area contributed by atoms with E-state index in [-0.39, 0.29) is 4.75 Å². The van der Waals surface area contributed by atoms with Gasteiger partial charge in [0.05, 0.1) is 0 Å². The number of thioether (sulfide) groups is 1. The number of nitrogens with two attached hydrogens (primary N) is 2. The maximum absolute atomic E-state index is 5.24. The maximum atomic E-state index is 5.24. The average Bonchev–Trinajstić information content (AvgIpc) is 1.21. The molecule has 0 rings (SSSR count). The van der Waals surface area contributed by atoms with Crippen molar-refractivity contribution in [2.24, 2.45) is 5.73 Å². The van der Waals surface area contributed by atoms with E-state index in [1.807, 2.05) is 0 Å². The minimum atomic E-state index is 0.152. The summed E-state index contributed by atoms with van der Waals surface area (Å²) in [5.41, 5.74) is 5.24. The third kappa shape index (κ3) is 5.82. The fourth-order valence-electron chi connectivity index (χ4n) is 0.354. The SMILES string of the molecule is CC(C)(C)SC(N)=[NH2+]. The standard InChI is InChI=1S/C5H12N2S/c1-5(2,3)8-4(6)7/h1-3H3,(H3,6,7)/p+1. The van der Waals surface area contributed by atoms with Gasteiger partial charge in [-0.25, -0.2) is 0 Å². The van der Waals surface area contributed by atoms with Gasteiger partial charge in [0.1, 0.15) is 0 Å². The molecule has 0 atom stereocenters. The van der Waals surface area contributed by atoms with Gasteiger partial charge in [0.15, 0.2) is 0 Å². The van der Waals surface area contributed by atoms with E-state index in [0.29, 0.717) is 5.17 Å². The Bertz CT molecular complexity index is 93.1. The summed E-state index contributed by atoms with van der Waals surface area (Å²) in [4.78, 5) is 0. The second kappa shape index (κ2) is 2.40. The lowest BCUT2D eigenvalue weighted by Crippen LogP contribution is -2.45. The van der Waals surface area contributed by atoms with E-state index in [9.17, 15) is 0 Å². The summed E-state index contributed by atoms with van der Waals surface area (Å²) >= 11 is 1.48. The van der Waals surface area contributed by atoms with Crippen molar-refractivity contribution in [3.05, 3.63) is 0 Å². The van der Waals surface area contributed by atoms with Crippen molar-refractivity contribution in [2.45, 2.75) is 25.5 Å². The van der Waals surface area contributed by atoms with Crippen LogP contribution in [0.2, 0.25) is 0 Å². The van der Waals surface area contributed by atoms with Crippen LogP contribution in [0.25, 0.3) is 0 Å². The third-order valence-corrected chi connectivity index (χ3v) is 1.27. The highest BCUT2D eigenvalue weighted by atomic mass is 32.2. The fourth-order valence-corrected chi connectivity index (χ4v) is 1.06. The van der Waals surface area contributed by atoms with Crippen molar-refractivity contribution in [3.8, 4) is 0 Å². The molecule has 3 heteroatoms. The van der Waals surface area contributed by atoms with E-state index < -0.39 is 0 Å². The highest BCUT2D eigenvalue weighted by molar-refractivity contribution is 8.14. The first kappa shape index (κ1) is 7.82. The van der Waals surface area contributed by atoms with E-state index in [0.717, 1.165) is 0 Å². The van der Waals surface area contributed by atoms with E-state index in [1.54, 1.807) is 0 Å². The Kier molecular flexibility index (Phi) is 2.34. The molecule has 0 aromatic carbocycles. The molecule has 4 N–H and O–H groups in total. The molecule has 48 valence electrons. The molecular weight excluding hydrogens is 120 g/mol. The van der Waals surface area contributed by atoms with Crippen molar-refractivity contribution >= 4 is 16.9 Å². The molecule has 0 radical (unpaired) electrons. The quantitative estimate of drug-likeness (QED) is 0.349. The molecule has 0 heterocycles. The molecule has 0 aliphatic rings. The summed E-state index contributed by atoms with van der Waals surface area (Å²) in [5, 5.41) is 5.68. The van der Waals surface area contributed by atoms with Gasteiger partial charge >= 0.3 is 0 Å². The lowest BCUT2D eigenvalue weighted by atomic mass is 10.3. The zero-order chi connectivity index (χ0) is 6.78. The van der Waals surface area contributed by atoms with Crippen LogP contribution in [0.4, 0.5) is 0 Å². The Morgan fingerprint density at radius 3 is 1.88 bits per heavy atom. The first-order valence-electron chi connectivity index (χ1n) is 2.49. The zero-order valence-electron chi connectivity index (χ0n) is 5.56. The van der Waals surface area contributed by atoms with Crippen LogP contribution in [0, 0.1) is 0 Å². The molecule has 0 fully saturated rings.